The normalized spacial score (nSPS) is 25.0. The van der Waals surface area contributed by atoms with Gasteiger partial charge in [-0.25, -0.2) is 0 Å². The fourth-order valence-electron chi connectivity index (χ4n) is 3.23. The quantitative estimate of drug-likeness (QED) is 0.879. The average Bonchev–Trinajstić information content (AvgIpc) is 2.38. The second kappa shape index (κ2) is 5.74. The molecule has 3 unspecified atom stereocenters. The Labute approximate surface area is 114 Å². The third-order valence-electron chi connectivity index (χ3n) is 4.29. The summed E-state index contributed by atoms with van der Waals surface area (Å²) in [5.41, 5.74) is 3.08. The molecule has 0 heterocycles. The summed E-state index contributed by atoms with van der Waals surface area (Å²) in [4.78, 5) is 11.3. The Morgan fingerprint density at radius 3 is 2.58 bits per heavy atom. The first-order valence-electron chi connectivity index (χ1n) is 6.98. The summed E-state index contributed by atoms with van der Waals surface area (Å²) < 4.78 is 0. The van der Waals surface area contributed by atoms with Crippen LogP contribution in [0.3, 0.4) is 0 Å². The van der Waals surface area contributed by atoms with Crippen LogP contribution in [0.5, 0.6) is 0 Å². The number of aryl methyl sites for hydroxylation is 2. The lowest BCUT2D eigenvalue weighted by Gasteiger charge is -2.33. The highest BCUT2D eigenvalue weighted by atomic mass is 16.4. The molecule has 1 aliphatic rings. The van der Waals surface area contributed by atoms with Crippen LogP contribution < -0.4 is 0 Å². The molecular weight excluding hydrogens is 240 g/mol. The van der Waals surface area contributed by atoms with Crippen LogP contribution >= 0.6 is 0 Å². The standard InChI is InChI=1S/C16H22O3/c1-10-7-8-12(11(2)9-10)15(17)13-5-3-4-6-14(13)16(18)19/h7-9,13-15,17H,3-6H2,1-2H3,(H,18,19). The second-order valence-electron chi connectivity index (χ2n) is 5.70. The molecule has 1 aromatic carbocycles. The number of benzene rings is 1. The number of aliphatic hydroxyl groups excluding tert-OH is 1. The van der Waals surface area contributed by atoms with Crippen molar-refractivity contribution in [3.05, 3.63) is 34.9 Å². The molecule has 1 saturated carbocycles. The van der Waals surface area contributed by atoms with Gasteiger partial charge in [0.15, 0.2) is 0 Å². The van der Waals surface area contributed by atoms with Gasteiger partial charge in [-0.2, -0.15) is 0 Å². The van der Waals surface area contributed by atoms with Crippen LogP contribution in [-0.4, -0.2) is 16.2 Å². The molecule has 1 aromatic rings. The van der Waals surface area contributed by atoms with E-state index in [0.29, 0.717) is 6.42 Å². The van der Waals surface area contributed by atoms with Gasteiger partial charge in [-0.05, 0) is 37.8 Å². The molecule has 0 aliphatic heterocycles. The van der Waals surface area contributed by atoms with E-state index in [1.807, 2.05) is 32.0 Å². The first kappa shape index (κ1) is 14.1. The largest absolute Gasteiger partial charge is 0.481 e. The Hall–Kier alpha value is -1.35. The topological polar surface area (TPSA) is 57.5 Å². The van der Waals surface area contributed by atoms with E-state index in [9.17, 15) is 15.0 Å². The number of hydrogen-bond donors (Lipinski definition) is 2. The Kier molecular flexibility index (Phi) is 4.25. The summed E-state index contributed by atoms with van der Waals surface area (Å²) in [5.74, 6) is -1.34. The number of aliphatic hydroxyl groups is 1. The third kappa shape index (κ3) is 2.98. The van der Waals surface area contributed by atoms with Gasteiger partial charge in [-0.3, -0.25) is 4.79 Å². The van der Waals surface area contributed by atoms with Gasteiger partial charge in [-0.1, -0.05) is 36.6 Å². The number of rotatable bonds is 3. The maximum absolute atomic E-state index is 11.3. The van der Waals surface area contributed by atoms with E-state index < -0.39 is 18.0 Å². The zero-order chi connectivity index (χ0) is 14.0. The maximum Gasteiger partial charge on any atom is 0.306 e. The summed E-state index contributed by atoms with van der Waals surface area (Å²) in [6.07, 6.45) is 2.78. The lowest BCUT2D eigenvalue weighted by Crippen LogP contribution is -2.31. The molecule has 0 radical (unpaired) electrons. The molecule has 0 amide bonds. The monoisotopic (exact) mass is 262 g/mol. The van der Waals surface area contributed by atoms with Crippen LogP contribution in [-0.2, 0) is 4.79 Å². The van der Waals surface area contributed by atoms with E-state index in [1.54, 1.807) is 0 Å². The molecule has 3 nitrogen and oxygen atoms in total. The molecule has 0 bridgehead atoms. The Bertz CT molecular complexity index is 467. The van der Waals surface area contributed by atoms with Crippen molar-refractivity contribution in [2.45, 2.75) is 45.6 Å². The van der Waals surface area contributed by atoms with Gasteiger partial charge in [-0.15, -0.1) is 0 Å². The van der Waals surface area contributed by atoms with Crippen molar-refractivity contribution >= 4 is 5.97 Å². The zero-order valence-electron chi connectivity index (χ0n) is 11.6. The molecular formula is C16H22O3. The van der Waals surface area contributed by atoms with E-state index in [1.165, 1.54) is 0 Å². The molecule has 1 aliphatic carbocycles. The molecule has 1 fully saturated rings. The first-order valence-corrected chi connectivity index (χ1v) is 6.98. The summed E-state index contributed by atoms with van der Waals surface area (Å²) in [6.45, 7) is 3.99. The van der Waals surface area contributed by atoms with Crippen LogP contribution in [0.1, 0.15) is 48.5 Å². The Balaban J connectivity index is 2.25. The summed E-state index contributed by atoms with van der Waals surface area (Å²) in [6, 6.07) is 5.95. The van der Waals surface area contributed by atoms with Crippen molar-refractivity contribution in [3.63, 3.8) is 0 Å². The van der Waals surface area contributed by atoms with Crippen molar-refractivity contribution in [3.8, 4) is 0 Å². The molecule has 19 heavy (non-hydrogen) atoms. The number of carboxylic acids is 1. The van der Waals surface area contributed by atoms with Crippen molar-refractivity contribution in [1.82, 2.24) is 0 Å². The van der Waals surface area contributed by atoms with E-state index in [-0.39, 0.29) is 5.92 Å². The third-order valence-corrected chi connectivity index (χ3v) is 4.29. The van der Waals surface area contributed by atoms with Crippen molar-refractivity contribution < 1.29 is 15.0 Å². The number of aliphatic carboxylic acids is 1. The Morgan fingerprint density at radius 2 is 1.95 bits per heavy atom. The molecule has 0 aromatic heterocycles. The predicted molar refractivity (Wildman–Crippen MR) is 74.0 cm³/mol. The van der Waals surface area contributed by atoms with Gasteiger partial charge in [0, 0.05) is 5.92 Å². The minimum absolute atomic E-state index is 0.160. The summed E-state index contributed by atoms with van der Waals surface area (Å²) in [5, 5.41) is 19.9. The van der Waals surface area contributed by atoms with E-state index in [2.05, 4.69) is 0 Å². The van der Waals surface area contributed by atoms with E-state index >= 15 is 0 Å². The molecule has 0 spiro atoms. The summed E-state index contributed by atoms with van der Waals surface area (Å²) >= 11 is 0. The minimum Gasteiger partial charge on any atom is -0.481 e. The van der Waals surface area contributed by atoms with Crippen LogP contribution in [0.2, 0.25) is 0 Å². The van der Waals surface area contributed by atoms with E-state index in [4.69, 9.17) is 0 Å². The summed E-state index contributed by atoms with van der Waals surface area (Å²) in [7, 11) is 0. The lowest BCUT2D eigenvalue weighted by molar-refractivity contribution is -0.147. The lowest BCUT2D eigenvalue weighted by atomic mass is 9.74. The van der Waals surface area contributed by atoms with Crippen molar-refractivity contribution in [1.29, 1.82) is 0 Å². The van der Waals surface area contributed by atoms with Crippen molar-refractivity contribution in [2.75, 3.05) is 0 Å². The second-order valence-corrected chi connectivity index (χ2v) is 5.70. The fourth-order valence-corrected chi connectivity index (χ4v) is 3.23. The highest BCUT2D eigenvalue weighted by Crippen LogP contribution is 2.39. The van der Waals surface area contributed by atoms with Crippen molar-refractivity contribution in [2.24, 2.45) is 11.8 Å². The molecule has 3 heteroatoms. The van der Waals surface area contributed by atoms with E-state index in [0.717, 1.165) is 36.0 Å². The highest BCUT2D eigenvalue weighted by molar-refractivity contribution is 5.70. The molecule has 2 rings (SSSR count). The molecule has 2 N–H and O–H groups in total. The molecule has 3 atom stereocenters. The van der Waals surface area contributed by atoms with Crippen LogP contribution in [0.15, 0.2) is 18.2 Å². The van der Waals surface area contributed by atoms with Crippen LogP contribution in [0, 0.1) is 25.7 Å². The SMILES string of the molecule is Cc1ccc(C(O)C2CCCCC2C(=O)O)c(C)c1. The fraction of sp³-hybridized carbons (Fsp3) is 0.562. The number of carboxylic acid groups (broad SMARTS) is 1. The number of carbonyl (C=O) groups is 1. The predicted octanol–water partition coefficient (Wildman–Crippen LogP) is 3.23. The Morgan fingerprint density at radius 1 is 1.26 bits per heavy atom. The van der Waals surface area contributed by atoms with Crippen LogP contribution in [0.25, 0.3) is 0 Å². The van der Waals surface area contributed by atoms with Crippen LogP contribution in [0.4, 0.5) is 0 Å². The van der Waals surface area contributed by atoms with Gasteiger partial charge in [0.05, 0.1) is 12.0 Å². The molecule has 0 saturated heterocycles. The average molecular weight is 262 g/mol. The van der Waals surface area contributed by atoms with Gasteiger partial charge in [0.25, 0.3) is 0 Å². The highest BCUT2D eigenvalue weighted by Gasteiger charge is 2.36. The zero-order valence-corrected chi connectivity index (χ0v) is 11.6. The minimum atomic E-state index is -0.770. The van der Waals surface area contributed by atoms with Gasteiger partial charge in [0.1, 0.15) is 0 Å². The number of hydrogen-bond acceptors (Lipinski definition) is 2. The van der Waals surface area contributed by atoms with Gasteiger partial charge < -0.3 is 10.2 Å². The first-order chi connectivity index (χ1) is 9.00. The van der Waals surface area contributed by atoms with Gasteiger partial charge >= 0.3 is 5.97 Å². The van der Waals surface area contributed by atoms with Gasteiger partial charge in [0.2, 0.25) is 0 Å². The molecule has 104 valence electrons. The maximum atomic E-state index is 11.3. The smallest absolute Gasteiger partial charge is 0.306 e.